The second-order valence-electron chi connectivity index (χ2n) is 3.03. The van der Waals surface area contributed by atoms with E-state index in [0.29, 0.717) is 6.54 Å². The molecule has 3 unspecified atom stereocenters. The van der Waals surface area contributed by atoms with E-state index in [1.807, 2.05) is 26.0 Å². The van der Waals surface area contributed by atoms with Gasteiger partial charge in [0.05, 0.1) is 12.2 Å². The van der Waals surface area contributed by atoms with Crippen LogP contribution in [0.15, 0.2) is 12.2 Å². The van der Waals surface area contributed by atoms with Gasteiger partial charge in [-0.3, -0.25) is 0 Å². The van der Waals surface area contributed by atoms with Gasteiger partial charge in [-0.05, 0) is 20.8 Å². The summed E-state index contributed by atoms with van der Waals surface area (Å²) in [5, 5.41) is 21.2. The Kier molecular flexibility index (Phi) is 5.98. The smallest absolute Gasteiger partial charge is 0.0920 e. The Hall–Kier alpha value is -0.380. The molecule has 0 saturated heterocycles. The second kappa shape index (κ2) is 6.17. The average molecular weight is 173 g/mol. The van der Waals surface area contributed by atoms with Gasteiger partial charge in [-0.15, -0.1) is 0 Å². The predicted molar refractivity (Wildman–Crippen MR) is 50.0 cm³/mol. The van der Waals surface area contributed by atoms with E-state index in [2.05, 4.69) is 5.32 Å². The molecule has 0 radical (unpaired) electrons. The van der Waals surface area contributed by atoms with Gasteiger partial charge < -0.3 is 15.5 Å². The van der Waals surface area contributed by atoms with Crippen LogP contribution >= 0.6 is 0 Å². The number of nitrogens with one attached hydrogen (secondary N) is 1. The SMILES string of the molecule is CC=CC(C)NCC(O)C(C)O. The minimum Gasteiger partial charge on any atom is -0.391 e. The zero-order valence-corrected chi connectivity index (χ0v) is 7.99. The van der Waals surface area contributed by atoms with Crippen LogP contribution in [0.3, 0.4) is 0 Å². The fraction of sp³-hybridized carbons (Fsp3) is 0.778. The minimum atomic E-state index is -0.683. The molecule has 0 rings (SSSR count). The van der Waals surface area contributed by atoms with E-state index in [9.17, 15) is 5.11 Å². The van der Waals surface area contributed by atoms with Crippen molar-refractivity contribution in [1.29, 1.82) is 0 Å². The van der Waals surface area contributed by atoms with E-state index in [4.69, 9.17) is 5.11 Å². The summed E-state index contributed by atoms with van der Waals surface area (Å²) in [6.07, 6.45) is 2.59. The summed E-state index contributed by atoms with van der Waals surface area (Å²) in [5.74, 6) is 0. The van der Waals surface area contributed by atoms with E-state index in [1.54, 1.807) is 6.92 Å². The molecule has 0 aliphatic carbocycles. The Labute approximate surface area is 74.1 Å². The Morgan fingerprint density at radius 2 is 1.92 bits per heavy atom. The summed E-state index contributed by atoms with van der Waals surface area (Å²) in [7, 11) is 0. The molecule has 3 nitrogen and oxygen atoms in total. The van der Waals surface area contributed by atoms with Crippen molar-refractivity contribution in [2.24, 2.45) is 0 Å². The molecule has 3 atom stereocenters. The molecular formula is C9H19NO2. The predicted octanol–water partition coefficient (Wildman–Crippen LogP) is 0.282. The lowest BCUT2D eigenvalue weighted by atomic mass is 10.2. The fourth-order valence-corrected chi connectivity index (χ4v) is 0.834. The first-order valence-corrected chi connectivity index (χ1v) is 4.30. The highest BCUT2D eigenvalue weighted by molar-refractivity contribution is 4.88. The number of rotatable bonds is 5. The summed E-state index contributed by atoms with van der Waals surface area (Å²) >= 11 is 0. The fourth-order valence-electron chi connectivity index (χ4n) is 0.834. The molecule has 0 aromatic heterocycles. The van der Waals surface area contributed by atoms with Crippen LogP contribution in [-0.4, -0.2) is 35.0 Å². The number of allylic oxidation sites excluding steroid dienone is 1. The van der Waals surface area contributed by atoms with E-state index in [-0.39, 0.29) is 6.04 Å². The van der Waals surface area contributed by atoms with Crippen molar-refractivity contribution in [3.05, 3.63) is 12.2 Å². The normalized spacial score (nSPS) is 19.4. The van der Waals surface area contributed by atoms with Gasteiger partial charge in [-0.1, -0.05) is 12.2 Å². The Bertz CT molecular complexity index is 134. The largest absolute Gasteiger partial charge is 0.391 e. The van der Waals surface area contributed by atoms with Crippen LogP contribution in [-0.2, 0) is 0 Å². The first-order valence-electron chi connectivity index (χ1n) is 4.30. The van der Waals surface area contributed by atoms with Gasteiger partial charge >= 0.3 is 0 Å². The minimum absolute atomic E-state index is 0.239. The molecule has 0 spiro atoms. The van der Waals surface area contributed by atoms with E-state index < -0.39 is 12.2 Å². The van der Waals surface area contributed by atoms with E-state index in [1.165, 1.54) is 0 Å². The molecule has 0 heterocycles. The molecule has 0 aliphatic heterocycles. The summed E-state index contributed by atoms with van der Waals surface area (Å²) in [6.45, 7) is 5.94. The average Bonchev–Trinajstić information content (AvgIpc) is 2.00. The van der Waals surface area contributed by atoms with Crippen molar-refractivity contribution in [3.63, 3.8) is 0 Å². The maximum absolute atomic E-state index is 9.21. The molecule has 0 aliphatic rings. The molecule has 0 saturated carbocycles. The van der Waals surface area contributed by atoms with E-state index >= 15 is 0 Å². The standard InChI is InChI=1S/C9H19NO2/c1-4-5-7(2)10-6-9(12)8(3)11/h4-5,7-12H,6H2,1-3H3. The van der Waals surface area contributed by atoms with Gasteiger partial charge in [0, 0.05) is 12.6 Å². The summed E-state index contributed by atoms with van der Waals surface area (Å²) < 4.78 is 0. The maximum atomic E-state index is 9.21. The first kappa shape index (κ1) is 11.6. The number of hydrogen-bond acceptors (Lipinski definition) is 3. The molecule has 72 valence electrons. The quantitative estimate of drug-likeness (QED) is 0.523. The molecule has 0 aromatic carbocycles. The number of hydrogen-bond donors (Lipinski definition) is 3. The van der Waals surface area contributed by atoms with Crippen LogP contribution in [0.4, 0.5) is 0 Å². The van der Waals surface area contributed by atoms with Crippen molar-refractivity contribution in [2.75, 3.05) is 6.54 Å². The van der Waals surface area contributed by atoms with Crippen LogP contribution < -0.4 is 5.32 Å². The molecular weight excluding hydrogens is 154 g/mol. The van der Waals surface area contributed by atoms with Crippen molar-refractivity contribution < 1.29 is 10.2 Å². The van der Waals surface area contributed by atoms with Crippen LogP contribution in [0.25, 0.3) is 0 Å². The Morgan fingerprint density at radius 3 is 2.33 bits per heavy atom. The van der Waals surface area contributed by atoms with Gasteiger partial charge in [0.25, 0.3) is 0 Å². The van der Waals surface area contributed by atoms with Crippen LogP contribution in [0.2, 0.25) is 0 Å². The third-order valence-corrected chi connectivity index (χ3v) is 1.69. The van der Waals surface area contributed by atoms with Crippen molar-refractivity contribution >= 4 is 0 Å². The lowest BCUT2D eigenvalue weighted by Gasteiger charge is -2.16. The summed E-state index contributed by atoms with van der Waals surface area (Å²) in [6, 6.07) is 0.239. The van der Waals surface area contributed by atoms with Crippen molar-refractivity contribution in [3.8, 4) is 0 Å². The highest BCUT2D eigenvalue weighted by Gasteiger charge is 2.10. The summed E-state index contributed by atoms with van der Waals surface area (Å²) in [4.78, 5) is 0. The van der Waals surface area contributed by atoms with Crippen LogP contribution in [0, 0.1) is 0 Å². The maximum Gasteiger partial charge on any atom is 0.0920 e. The molecule has 0 aromatic rings. The lowest BCUT2D eigenvalue weighted by molar-refractivity contribution is 0.0313. The van der Waals surface area contributed by atoms with Gasteiger partial charge in [0.15, 0.2) is 0 Å². The van der Waals surface area contributed by atoms with Crippen molar-refractivity contribution in [2.45, 2.75) is 39.0 Å². The lowest BCUT2D eigenvalue weighted by Crippen LogP contribution is -2.38. The molecule has 0 amide bonds. The van der Waals surface area contributed by atoms with Gasteiger partial charge in [0.1, 0.15) is 0 Å². The van der Waals surface area contributed by atoms with Crippen LogP contribution in [0.1, 0.15) is 20.8 Å². The summed E-state index contributed by atoms with van der Waals surface area (Å²) in [5.41, 5.74) is 0. The zero-order valence-electron chi connectivity index (χ0n) is 7.99. The third-order valence-electron chi connectivity index (χ3n) is 1.69. The zero-order chi connectivity index (χ0) is 9.56. The third kappa shape index (κ3) is 5.29. The van der Waals surface area contributed by atoms with Crippen molar-refractivity contribution in [1.82, 2.24) is 5.32 Å². The monoisotopic (exact) mass is 173 g/mol. The Balaban J connectivity index is 3.53. The number of aliphatic hydroxyl groups excluding tert-OH is 2. The van der Waals surface area contributed by atoms with E-state index in [0.717, 1.165) is 0 Å². The Morgan fingerprint density at radius 1 is 1.33 bits per heavy atom. The highest BCUT2D eigenvalue weighted by atomic mass is 16.3. The van der Waals surface area contributed by atoms with Gasteiger partial charge in [0.2, 0.25) is 0 Å². The van der Waals surface area contributed by atoms with Gasteiger partial charge in [-0.25, -0.2) is 0 Å². The van der Waals surface area contributed by atoms with Gasteiger partial charge in [-0.2, -0.15) is 0 Å². The number of aliphatic hydroxyl groups is 2. The molecule has 0 bridgehead atoms. The molecule has 3 heteroatoms. The molecule has 3 N–H and O–H groups in total. The molecule has 12 heavy (non-hydrogen) atoms. The topological polar surface area (TPSA) is 52.5 Å². The molecule has 0 fully saturated rings. The first-order chi connectivity index (χ1) is 5.57. The second-order valence-corrected chi connectivity index (χ2v) is 3.03. The van der Waals surface area contributed by atoms with Crippen LogP contribution in [0.5, 0.6) is 0 Å². The highest BCUT2D eigenvalue weighted by Crippen LogP contribution is 1.91.